The van der Waals surface area contributed by atoms with E-state index in [9.17, 15) is 0 Å². The summed E-state index contributed by atoms with van der Waals surface area (Å²) in [4.78, 5) is 8.42. The van der Waals surface area contributed by atoms with Crippen molar-refractivity contribution in [2.45, 2.75) is 26.2 Å². The largest absolute Gasteiger partial charge is 0.265 e. The topological polar surface area (TPSA) is 25.2 Å². The second-order valence-electron chi connectivity index (χ2n) is 4.56. The zero-order valence-electron chi connectivity index (χ0n) is 10.3. The highest BCUT2D eigenvalue weighted by Crippen LogP contribution is 2.27. The standard InChI is InChI=1S/C15H18N2/c1-12(2)14-5-3-13(4-6-14)11-17-15-7-9-16-10-8-15/h3,7-11,14H,1,4-6H2,2H3. The van der Waals surface area contributed by atoms with Gasteiger partial charge in [0.1, 0.15) is 0 Å². The number of rotatable bonds is 3. The van der Waals surface area contributed by atoms with Crippen LogP contribution in [0.25, 0.3) is 0 Å². The van der Waals surface area contributed by atoms with Crippen molar-refractivity contribution in [2.24, 2.45) is 10.9 Å². The molecule has 1 atom stereocenters. The van der Waals surface area contributed by atoms with Crippen LogP contribution in [-0.4, -0.2) is 11.2 Å². The predicted octanol–water partition coefficient (Wildman–Crippen LogP) is 4.09. The van der Waals surface area contributed by atoms with Gasteiger partial charge in [-0.3, -0.25) is 9.98 Å². The van der Waals surface area contributed by atoms with Crippen molar-refractivity contribution < 1.29 is 0 Å². The molecule has 17 heavy (non-hydrogen) atoms. The molecule has 2 nitrogen and oxygen atoms in total. The molecule has 0 saturated carbocycles. The number of pyridine rings is 1. The smallest absolute Gasteiger partial charge is 0.0660 e. The quantitative estimate of drug-likeness (QED) is 0.563. The van der Waals surface area contributed by atoms with Crippen LogP contribution in [0.4, 0.5) is 5.69 Å². The fourth-order valence-electron chi connectivity index (χ4n) is 2.01. The molecule has 0 fully saturated rings. The number of hydrogen-bond acceptors (Lipinski definition) is 2. The van der Waals surface area contributed by atoms with Crippen molar-refractivity contribution in [3.8, 4) is 0 Å². The summed E-state index contributed by atoms with van der Waals surface area (Å²) >= 11 is 0. The maximum absolute atomic E-state index is 4.44. The molecule has 1 aliphatic rings. The predicted molar refractivity (Wildman–Crippen MR) is 72.6 cm³/mol. The maximum Gasteiger partial charge on any atom is 0.0660 e. The van der Waals surface area contributed by atoms with E-state index < -0.39 is 0 Å². The normalized spacial score (nSPS) is 20.3. The van der Waals surface area contributed by atoms with Crippen LogP contribution in [0.15, 0.2) is 53.3 Å². The zero-order chi connectivity index (χ0) is 12.1. The van der Waals surface area contributed by atoms with Gasteiger partial charge in [-0.05, 0) is 49.8 Å². The average Bonchev–Trinajstić information content (AvgIpc) is 2.38. The molecular weight excluding hydrogens is 208 g/mol. The van der Waals surface area contributed by atoms with E-state index in [0.29, 0.717) is 5.92 Å². The number of aliphatic imine (C=N–C) groups is 1. The Morgan fingerprint density at radius 3 is 2.82 bits per heavy atom. The van der Waals surface area contributed by atoms with Gasteiger partial charge in [-0.15, -0.1) is 0 Å². The first kappa shape index (κ1) is 11.8. The van der Waals surface area contributed by atoms with Crippen molar-refractivity contribution in [1.82, 2.24) is 4.98 Å². The second-order valence-corrected chi connectivity index (χ2v) is 4.56. The van der Waals surface area contributed by atoms with E-state index in [2.05, 4.69) is 29.6 Å². The molecule has 1 heterocycles. The van der Waals surface area contributed by atoms with Gasteiger partial charge in [0.05, 0.1) is 5.69 Å². The molecule has 0 N–H and O–H groups in total. The number of nitrogens with zero attached hydrogens (tertiary/aromatic N) is 2. The lowest BCUT2D eigenvalue weighted by Gasteiger charge is -2.20. The Morgan fingerprint density at radius 1 is 1.47 bits per heavy atom. The fraction of sp³-hybridized carbons (Fsp3) is 0.333. The van der Waals surface area contributed by atoms with E-state index in [1.807, 2.05) is 18.3 Å². The molecule has 2 heteroatoms. The number of allylic oxidation sites excluding steroid dienone is 3. The lowest BCUT2D eigenvalue weighted by atomic mass is 9.86. The molecule has 1 aromatic heterocycles. The van der Waals surface area contributed by atoms with Crippen molar-refractivity contribution in [3.63, 3.8) is 0 Å². The maximum atomic E-state index is 4.44. The van der Waals surface area contributed by atoms with Crippen LogP contribution in [-0.2, 0) is 0 Å². The fourth-order valence-corrected chi connectivity index (χ4v) is 2.01. The highest BCUT2D eigenvalue weighted by molar-refractivity contribution is 5.81. The summed E-state index contributed by atoms with van der Waals surface area (Å²) in [5.74, 6) is 0.660. The van der Waals surface area contributed by atoms with Crippen LogP contribution in [0, 0.1) is 5.92 Å². The lowest BCUT2D eigenvalue weighted by molar-refractivity contribution is 0.549. The summed E-state index contributed by atoms with van der Waals surface area (Å²) in [5, 5.41) is 0. The van der Waals surface area contributed by atoms with Gasteiger partial charge in [0.25, 0.3) is 0 Å². The van der Waals surface area contributed by atoms with Crippen molar-refractivity contribution >= 4 is 11.9 Å². The van der Waals surface area contributed by atoms with Crippen LogP contribution in [0.5, 0.6) is 0 Å². The van der Waals surface area contributed by atoms with E-state index in [4.69, 9.17) is 0 Å². The Bertz CT molecular complexity index is 443. The van der Waals surface area contributed by atoms with Crippen LogP contribution < -0.4 is 0 Å². The number of hydrogen-bond donors (Lipinski definition) is 0. The molecule has 0 aromatic carbocycles. The highest BCUT2D eigenvalue weighted by Gasteiger charge is 2.13. The second kappa shape index (κ2) is 5.58. The van der Waals surface area contributed by atoms with Gasteiger partial charge in [0, 0.05) is 18.6 Å². The van der Waals surface area contributed by atoms with Crippen LogP contribution in [0.1, 0.15) is 26.2 Å². The first-order valence-electron chi connectivity index (χ1n) is 6.04. The first-order chi connectivity index (χ1) is 8.25. The molecule has 0 radical (unpaired) electrons. The van der Waals surface area contributed by atoms with E-state index in [1.165, 1.54) is 17.6 Å². The van der Waals surface area contributed by atoms with E-state index in [0.717, 1.165) is 18.5 Å². The Kier molecular flexibility index (Phi) is 3.86. The molecule has 1 aliphatic carbocycles. The summed E-state index contributed by atoms with van der Waals surface area (Å²) < 4.78 is 0. The first-order valence-corrected chi connectivity index (χ1v) is 6.04. The third-order valence-corrected chi connectivity index (χ3v) is 3.19. The molecule has 88 valence electrons. The van der Waals surface area contributed by atoms with Gasteiger partial charge in [0.2, 0.25) is 0 Å². The average molecular weight is 226 g/mol. The SMILES string of the molecule is C=C(C)C1CC=C(C=Nc2ccncc2)CC1. The van der Waals surface area contributed by atoms with Gasteiger partial charge in [-0.2, -0.15) is 0 Å². The molecule has 0 bridgehead atoms. The molecule has 1 aromatic rings. The summed E-state index contributed by atoms with van der Waals surface area (Å²) in [6, 6.07) is 3.83. The summed E-state index contributed by atoms with van der Waals surface area (Å²) in [7, 11) is 0. The highest BCUT2D eigenvalue weighted by atomic mass is 14.7. The summed E-state index contributed by atoms with van der Waals surface area (Å²) in [6.07, 6.45) is 11.2. The minimum Gasteiger partial charge on any atom is -0.265 e. The Hall–Kier alpha value is -1.70. The van der Waals surface area contributed by atoms with Crippen molar-refractivity contribution in [3.05, 3.63) is 48.3 Å². The minimum absolute atomic E-state index is 0.660. The minimum atomic E-state index is 0.660. The van der Waals surface area contributed by atoms with Gasteiger partial charge in [-0.25, -0.2) is 0 Å². The Morgan fingerprint density at radius 2 is 2.24 bits per heavy atom. The van der Waals surface area contributed by atoms with Crippen molar-refractivity contribution in [2.75, 3.05) is 0 Å². The van der Waals surface area contributed by atoms with Crippen LogP contribution in [0.2, 0.25) is 0 Å². The third-order valence-electron chi connectivity index (χ3n) is 3.19. The van der Waals surface area contributed by atoms with Gasteiger partial charge in [-0.1, -0.05) is 18.2 Å². The Balaban J connectivity index is 1.97. The van der Waals surface area contributed by atoms with Gasteiger partial charge < -0.3 is 0 Å². The van der Waals surface area contributed by atoms with E-state index >= 15 is 0 Å². The van der Waals surface area contributed by atoms with Crippen LogP contribution in [0.3, 0.4) is 0 Å². The summed E-state index contributed by atoms with van der Waals surface area (Å²) in [6.45, 7) is 6.15. The molecule has 0 amide bonds. The van der Waals surface area contributed by atoms with Gasteiger partial charge in [0.15, 0.2) is 0 Å². The summed E-state index contributed by atoms with van der Waals surface area (Å²) in [5.41, 5.74) is 3.59. The van der Waals surface area contributed by atoms with E-state index in [1.54, 1.807) is 12.4 Å². The lowest BCUT2D eigenvalue weighted by Crippen LogP contribution is -2.06. The molecule has 2 rings (SSSR count). The molecule has 0 spiro atoms. The molecule has 0 aliphatic heterocycles. The molecular formula is C15H18N2. The van der Waals surface area contributed by atoms with Crippen molar-refractivity contribution in [1.29, 1.82) is 0 Å². The van der Waals surface area contributed by atoms with Crippen LogP contribution >= 0.6 is 0 Å². The molecule has 0 saturated heterocycles. The zero-order valence-corrected chi connectivity index (χ0v) is 10.3. The molecule has 1 unspecified atom stereocenters. The third kappa shape index (κ3) is 3.38. The number of aromatic nitrogens is 1. The monoisotopic (exact) mass is 226 g/mol. The Labute approximate surface area is 103 Å². The van der Waals surface area contributed by atoms with Gasteiger partial charge >= 0.3 is 0 Å². The van der Waals surface area contributed by atoms with E-state index in [-0.39, 0.29) is 0 Å².